The standard InChI is InChI=1S/C25H33NO5/c1-15(2)19-14-20(16(3)13-22(19)29-6)17(4)26-23(27)12-10-18-9-11-21(28-5)25(31-8)24(18)30-7/h9-15,17H,1-8H3,(H,26,27)/b12-10+/t17-/m1/s1. The third-order valence-electron chi connectivity index (χ3n) is 5.21. The lowest BCUT2D eigenvalue weighted by Crippen LogP contribution is -2.25. The van der Waals surface area contributed by atoms with Crippen molar-refractivity contribution in [3.05, 3.63) is 52.6 Å². The van der Waals surface area contributed by atoms with Gasteiger partial charge in [0.15, 0.2) is 11.5 Å². The average molecular weight is 428 g/mol. The molecule has 6 nitrogen and oxygen atoms in total. The fourth-order valence-electron chi connectivity index (χ4n) is 3.57. The van der Waals surface area contributed by atoms with Crippen LogP contribution in [-0.4, -0.2) is 34.3 Å². The number of aryl methyl sites for hydroxylation is 1. The van der Waals surface area contributed by atoms with Gasteiger partial charge in [-0.25, -0.2) is 0 Å². The van der Waals surface area contributed by atoms with Crippen LogP contribution in [0.1, 0.15) is 55.0 Å². The maximum absolute atomic E-state index is 12.6. The molecule has 1 amide bonds. The quantitative estimate of drug-likeness (QED) is 0.568. The van der Waals surface area contributed by atoms with Gasteiger partial charge in [0, 0.05) is 11.6 Å². The number of carbonyl (C=O) groups is 1. The first-order valence-electron chi connectivity index (χ1n) is 10.2. The van der Waals surface area contributed by atoms with Crippen LogP contribution in [0.4, 0.5) is 0 Å². The molecule has 0 aromatic heterocycles. The molecule has 0 aliphatic rings. The van der Waals surface area contributed by atoms with Crippen molar-refractivity contribution in [1.82, 2.24) is 5.32 Å². The number of amides is 1. The third-order valence-corrected chi connectivity index (χ3v) is 5.21. The Morgan fingerprint density at radius 3 is 2.06 bits per heavy atom. The Balaban J connectivity index is 2.23. The molecule has 0 unspecified atom stereocenters. The topological polar surface area (TPSA) is 66.0 Å². The molecule has 2 rings (SSSR count). The number of ether oxygens (including phenoxy) is 4. The van der Waals surface area contributed by atoms with Crippen molar-refractivity contribution in [2.75, 3.05) is 28.4 Å². The molecular formula is C25H33NO5. The Morgan fingerprint density at radius 1 is 0.871 bits per heavy atom. The van der Waals surface area contributed by atoms with Gasteiger partial charge < -0.3 is 24.3 Å². The van der Waals surface area contributed by atoms with Crippen molar-refractivity contribution in [3.63, 3.8) is 0 Å². The van der Waals surface area contributed by atoms with Gasteiger partial charge in [0.25, 0.3) is 0 Å². The van der Waals surface area contributed by atoms with E-state index in [9.17, 15) is 4.79 Å². The van der Waals surface area contributed by atoms with E-state index in [1.165, 1.54) is 6.08 Å². The molecule has 0 aliphatic carbocycles. The minimum absolute atomic E-state index is 0.159. The largest absolute Gasteiger partial charge is 0.496 e. The molecule has 0 saturated heterocycles. The second-order valence-corrected chi connectivity index (χ2v) is 7.59. The molecule has 0 heterocycles. The van der Waals surface area contributed by atoms with Gasteiger partial charge in [-0.2, -0.15) is 0 Å². The molecule has 2 aromatic carbocycles. The summed E-state index contributed by atoms with van der Waals surface area (Å²) in [5.41, 5.74) is 3.97. The number of nitrogens with one attached hydrogen (secondary N) is 1. The SMILES string of the molecule is COc1cc(C)c([C@@H](C)NC(=O)/C=C/c2ccc(OC)c(OC)c2OC)cc1C(C)C. The van der Waals surface area contributed by atoms with E-state index in [2.05, 4.69) is 25.2 Å². The summed E-state index contributed by atoms with van der Waals surface area (Å²) in [4.78, 5) is 12.6. The molecule has 1 atom stereocenters. The van der Waals surface area contributed by atoms with E-state index in [0.717, 1.165) is 22.4 Å². The van der Waals surface area contributed by atoms with Gasteiger partial charge in [-0.1, -0.05) is 13.8 Å². The molecule has 0 radical (unpaired) electrons. The Labute approximate surface area is 185 Å². The summed E-state index contributed by atoms with van der Waals surface area (Å²) < 4.78 is 21.7. The van der Waals surface area contributed by atoms with E-state index < -0.39 is 0 Å². The molecule has 31 heavy (non-hydrogen) atoms. The third kappa shape index (κ3) is 5.51. The summed E-state index contributed by atoms with van der Waals surface area (Å²) >= 11 is 0. The Bertz CT molecular complexity index is 949. The van der Waals surface area contributed by atoms with Crippen LogP contribution < -0.4 is 24.3 Å². The number of hydrogen-bond acceptors (Lipinski definition) is 5. The van der Waals surface area contributed by atoms with Crippen LogP contribution >= 0.6 is 0 Å². The van der Waals surface area contributed by atoms with Gasteiger partial charge in [0.2, 0.25) is 11.7 Å². The number of methoxy groups -OCH3 is 4. The summed E-state index contributed by atoms with van der Waals surface area (Å²) in [7, 11) is 6.34. The van der Waals surface area contributed by atoms with Gasteiger partial charge in [0.05, 0.1) is 34.5 Å². The second-order valence-electron chi connectivity index (χ2n) is 7.59. The zero-order valence-electron chi connectivity index (χ0n) is 19.7. The molecule has 0 spiro atoms. The lowest BCUT2D eigenvalue weighted by atomic mass is 9.93. The van der Waals surface area contributed by atoms with Crippen molar-refractivity contribution >= 4 is 12.0 Å². The zero-order valence-corrected chi connectivity index (χ0v) is 19.7. The number of hydrogen-bond donors (Lipinski definition) is 1. The van der Waals surface area contributed by atoms with Crippen LogP contribution in [0.25, 0.3) is 6.08 Å². The highest BCUT2D eigenvalue weighted by atomic mass is 16.5. The summed E-state index contributed by atoms with van der Waals surface area (Å²) in [6.45, 7) is 8.25. The average Bonchev–Trinajstić information content (AvgIpc) is 2.75. The molecule has 0 saturated carbocycles. The Hall–Kier alpha value is -3.15. The summed E-state index contributed by atoms with van der Waals surface area (Å²) in [6.07, 6.45) is 3.19. The van der Waals surface area contributed by atoms with Crippen molar-refractivity contribution in [1.29, 1.82) is 0 Å². The summed E-state index contributed by atoms with van der Waals surface area (Å²) in [5.74, 6) is 2.53. The van der Waals surface area contributed by atoms with Crippen molar-refractivity contribution < 1.29 is 23.7 Å². The number of carbonyl (C=O) groups excluding carboxylic acids is 1. The minimum atomic E-state index is -0.203. The predicted octanol–water partition coefficient (Wildman–Crippen LogP) is 5.04. The lowest BCUT2D eigenvalue weighted by Gasteiger charge is -2.20. The highest BCUT2D eigenvalue weighted by molar-refractivity contribution is 5.92. The minimum Gasteiger partial charge on any atom is -0.496 e. The van der Waals surface area contributed by atoms with Gasteiger partial charge in [-0.3, -0.25) is 4.79 Å². The summed E-state index contributed by atoms with van der Waals surface area (Å²) in [5, 5.41) is 3.04. The van der Waals surface area contributed by atoms with Gasteiger partial charge in [0.1, 0.15) is 5.75 Å². The Morgan fingerprint density at radius 2 is 1.52 bits per heavy atom. The van der Waals surface area contributed by atoms with E-state index in [1.54, 1.807) is 40.6 Å². The molecule has 0 aliphatic heterocycles. The van der Waals surface area contributed by atoms with Crippen molar-refractivity contribution in [2.45, 2.75) is 39.7 Å². The first-order valence-corrected chi connectivity index (χ1v) is 10.2. The van der Waals surface area contributed by atoms with Gasteiger partial charge >= 0.3 is 0 Å². The van der Waals surface area contributed by atoms with Crippen LogP contribution in [0, 0.1) is 6.92 Å². The van der Waals surface area contributed by atoms with E-state index in [1.807, 2.05) is 26.0 Å². The van der Waals surface area contributed by atoms with E-state index in [0.29, 0.717) is 28.7 Å². The first-order chi connectivity index (χ1) is 14.8. The summed E-state index contributed by atoms with van der Waals surface area (Å²) in [6, 6.07) is 7.57. The molecule has 1 N–H and O–H groups in total. The van der Waals surface area contributed by atoms with Crippen LogP contribution in [0.2, 0.25) is 0 Å². The molecular weight excluding hydrogens is 394 g/mol. The predicted molar refractivity (Wildman–Crippen MR) is 124 cm³/mol. The molecule has 0 fully saturated rings. The fourth-order valence-corrected chi connectivity index (χ4v) is 3.57. The van der Waals surface area contributed by atoms with E-state index in [-0.39, 0.29) is 11.9 Å². The number of benzene rings is 2. The van der Waals surface area contributed by atoms with E-state index in [4.69, 9.17) is 18.9 Å². The first kappa shape index (κ1) is 24.1. The normalized spacial score (nSPS) is 12.0. The van der Waals surface area contributed by atoms with Crippen LogP contribution in [0.15, 0.2) is 30.3 Å². The molecule has 0 bridgehead atoms. The van der Waals surface area contributed by atoms with Gasteiger partial charge in [-0.15, -0.1) is 0 Å². The van der Waals surface area contributed by atoms with E-state index >= 15 is 0 Å². The smallest absolute Gasteiger partial charge is 0.244 e. The highest BCUT2D eigenvalue weighted by Gasteiger charge is 2.17. The Kier molecular flexibility index (Phi) is 8.37. The maximum atomic E-state index is 12.6. The maximum Gasteiger partial charge on any atom is 0.244 e. The fraction of sp³-hybridized carbons (Fsp3) is 0.400. The van der Waals surface area contributed by atoms with Crippen LogP contribution in [0.3, 0.4) is 0 Å². The van der Waals surface area contributed by atoms with Crippen molar-refractivity contribution in [3.8, 4) is 23.0 Å². The zero-order chi connectivity index (χ0) is 23.1. The number of rotatable bonds is 9. The molecule has 6 heteroatoms. The van der Waals surface area contributed by atoms with Crippen molar-refractivity contribution in [2.24, 2.45) is 0 Å². The monoisotopic (exact) mass is 427 g/mol. The van der Waals surface area contributed by atoms with Crippen LogP contribution in [0.5, 0.6) is 23.0 Å². The van der Waals surface area contributed by atoms with Crippen LogP contribution in [-0.2, 0) is 4.79 Å². The highest BCUT2D eigenvalue weighted by Crippen LogP contribution is 2.40. The van der Waals surface area contributed by atoms with Gasteiger partial charge in [-0.05, 0) is 66.8 Å². The molecule has 2 aromatic rings. The lowest BCUT2D eigenvalue weighted by molar-refractivity contribution is -0.117. The second kappa shape index (κ2) is 10.8. The molecule has 168 valence electrons.